The van der Waals surface area contributed by atoms with Gasteiger partial charge in [0.25, 0.3) is 0 Å². The van der Waals surface area contributed by atoms with Crippen LogP contribution in [0.2, 0.25) is 0 Å². The number of rotatable bonds is 4. The summed E-state index contributed by atoms with van der Waals surface area (Å²) in [6, 6.07) is 59.5. The predicted molar refractivity (Wildman–Crippen MR) is 217 cm³/mol. The molecule has 0 spiro atoms. The molecule has 3 aromatic heterocycles. The van der Waals surface area contributed by atoms with E-state index in [1.165, 1.54) is 56.9 Å². The first-order chi connectivity index (χ1) is 24.8. The summed E-state index contributed by atoms with van der Waals surface area (Å²) in [6.45, 7) is 0. The van der Waals surface area contributed by atoms with E-state index in [2.05, 4.69) is 169 Å². The van der Waals surface area contributed by atoms with E-state index < -0.39 is 0 Å². The molecule has 4 heteroatoms. The summed E-state index contributed by atoms with van der Waals surface area (Å²) < 4.78 is 11.9. The molecule has 0 aliphatic heterocycles. The molecule has 234 valence electrons. The summed E-state index contributed by atoms with van der Waals surface area (Å²) in [6.07, 6.45) is 0. The zero-order chi connectivity index (χ0) is 32.8. The van der Waals surface area contributed by atoms with Gasteiger partial charge in [0.05, 0.1) is 22.4 Å². The molecular formula is C46H27NOS2. The lowest BCUT2D eigenvalue weighted by atomic mass is 9.98. The van der Waals surface area contributed by atoms with E-state index in [1.54, 1.807) is 0 Å². The Labute approximate surface area is 295 Å². The Balaban J connectivity index is 1.25. The molecule has 8 aromatic carbocycles. The third-order valence-corrected chi connectivity index (χ3v) is 12.3. The average molecular weight is 674 g/mol. The van der Waals surface area contributed by atoms with E-state index in [9.17, 15) is 0 Å². The van der Waals surface area contributed by atoms with E-state index in [0.717, 1.165) is 44.4 Å². The van der Waals surface area contributed by atoms with Crippen molar-refractivity contribution in [1.29, 1.82) is 0 Å². The molecule has 0 bridgehead atoms. The van der Waals surface area contributed by atoms with Crippen molar-refractivity contribution in [3.05, 3.63) is 164 Å². The lowest BCUT2D eigenvalue weighted by molar-refractivity contribution is 0.672. The molecular weight excluding hydrogens is 647 g/mol. The third kappa shape index (κ3) is 4.07. The molecule has 0 amide bonds. The smallest absolute Gasteiger partial charge is 0.143 e. The number of benzene rings is 8. The quantitative estimate of drug-likeness (QED) is 0.185. The van der Waals surface area contributed by atoms with Crippen molar-refractivity contribution in [2.75, 3.05) is 4.90 Å². The zero-order valence-corrected chi connectivity index (χ0v) is 28.4. The zero-order valence-electron chi connectivity index (χ0n) is 26.8. The van der Waals surface area contributed by atoms with Crippen molar-refractivity contribution in [2.24, 2.45) is 0 Å². The van der Waals surface area contributed by atoms with E-state index in [4.69, 9.17) is 4.42 Å². The van der Waals surface area contributed by atoms with Gasteiger partial charge in [0.2, 0.25) is 0 Å². The van der Waals surface area contributed by atoms with Gasteiger partial charge in [-0.1, -0.05) is 103 Å². The highest BCUT2D eigenvalue weighted by Crippen LogP contribution is 2.50. The van der Waals surface area contributed by atoms with E-state index >= 15 is 0 Å². The normalized spacial score (nSPS) is 12.0. The van der Waals surface area contributed by atoms with Crippen LogP contribution in [-0.2, 0) is 0 Å². The molecule has 0 unspecified atom stereocenters. The molecule has 0 aliphatic rings. The maximum Gasteiger partial charge on any atom is 0.143 e. The Bertz CT molecular complexity index is 3130. The molecule has 0 fully saturated rings. The Morgan fingerprint density at radius 2 is 1.04 bits per heavy atom. The van der Waals surface area contributed by atoms with Gasteiger partial charge in [-0.05, 0) is 71.6 Å². The molecule has 0 atom stereocenters. The van der Waals surface area contributed by atoms with Crippen molar-refractivity contribution in [3.8, 4) is 11.1 Å². The van der Waals surface area contributed by atoms with Crippen LogP contribution in [0.3, 0.4) is 0 Å². The topological polar surface area (TPSA) is 16.4 Å². The second-order valence-electron chi connectivity index (χ2n) is 12.8. The lowest BCUT2D eigenvalue weighted by Gasteiger charge is -2.29. The third-order valence-electron chi connectivity index (χ3n) is 10.1. The van der Waals surface area contributed by atoms with Crippen LogP contribution in [0.5, 0.6) is 0 Å². The molecule has 0 saturated carbocycles. The summed E-state index contributed by atoms with van der Waals surface area (Å²) in [5.41, 5.74) is 7.54. The summed E-state index contributed by atoms with van der Waals surface area (Å²) in [7, 11) is 0. The number of para-hydroxylation sites is 1. The van der Waals surface area contributed by atoms with Gasteiger partial charge in [0, 0.05) is 56.7 Å². The van der Waals surface area contributed by atoms with Crippen LogP contribution in [0.1, 0.15) is 0 Å². The van der Waals surface area contributed by atoms with Gasteiger partial charge in [-0.3, -0.25) is 0 Å². The van der Waals surface area contributed by atoms with Gasteiger partial charge >= 0.3 is 0 Å². The van der Waals surface area contributed by atoms with Gasteiger partial charge in [-0.15, -0.1) is 22.7 Å². The number of anilines is 3. The number of hydrogen-bond acceptors (Lipinski definition) is 4. The fraction of sp³-hybridized carbons (Fsp3) is 0. The maximum atomic E-state index is 6.74. The van der Waals surface area contributed by atoms with Gasteiger partial charge in [0.1, 0.15) is 11.2 Å². The first kappa shape index (κ1) is 28.0. The highest BCUT2D eigenvalue weighted by Gasteiger charge is 2.25. The van der Waals surface area contributed by atoms with E-state index in [0.29, 0.717) is 0 Å². The van der Waals surface area contributed by atoms with Crippen molar-refractivity contribution in [3.63, 3.8) is 0 Å². The second-order valence-corrected chi connectivity index (χ2v) is 15.0. The Hall–Kier alpha value is -5.94. The summed E-state index contributed by atoms with van der Waals surface area (Å²) in [5.74, 6) is 0. The minimum Gasteiger partial charge on any atom is -0.455 e. The van der Waals surface area contributed by atoms with Crippen molar-refractivity contribution in [1.82, 2.24) is 0 Å². The minimum absolute atomic E-state index is 0.879. The second kappa shape index (κ2) is 10.8. The van der Waals surface area contributed by atoms with Crippen LogP contribution in [0, 0.1) is 0 Å². The van der Waals surface area contributed by atoms with Crippen LogP contribution < -0.4 is 4.90 Å². The summed E-state index contributed by atoms with van der Waals surface area (Å²) >= 11 is 3.71. The molecule has 50 heavy (non-hydrogen) atoms. The van der Waals surface area contributed by atoms with Gasteiger partial charge in [-0.2, -0.15) is 0 Å². The largest absolute Gasteiger partial charge is 0.455 e. The molecule has 0 aliphatic carbocycles. The van der Waals surface area contributed by atoms with Crippen molar-refractivity contribution in [2.45, 2.75) is 0 Å². The molecule has 0 radical (unpaired) electrons. The average Bonchev–Trinajstić information content (AvgIpc) is 3.87. The predicted octanol–water partition coefficient (Wildman–Crippen LogP) is 14.6. The fourth-order valence-electron chi connectivity index (χ4n) is 7.86. The SMILES string of the molecule is c1ccc(N(c2cccc3oc4c5ccccc5ccc4c23)c2cccc3sc4ccccc4c23)c(-c2ccc3sc4ccccc4c3c2)c1. The highest BCUT2D eigenvalue weighted by atomic mass is 32.1. The Kier molecular flexibility index (Phi) is 6.03. The van der Waals surface area contributed by atoms with Crippen molar-refractivity contribution >= 4 is 113 Å². The molecule has 3 heterocycles. The van der Waals surface area contributed by atoms with Gasteiger partial charge in [-0.25, -0.2) is 0 Å². The number of fused-ring (bicyclic) bond motifs is 11. The fourth-order valence-corrected chi connectivity index (χ4v) is 10.1. The number of hydrogen-bond donors (Lipinski definition) is 0. The number of nitrogens with zero attached hydrogens (tertiary/aromatic N) is 1. The first-order valence-corrected chi connectivity index (χ1v) is 18.5. The van der Waals surface area contributed by atoms with Crippen LogP contribution in [0.4, 0.5) is 17.1 Å². The molecule has 11 aromatic rings. The lowest BCUT2D eigenvalue weighted by Crippen LogP contribution is -2.12. The van der Waals surface area contributed by atoms with Crippen molar-refractivity contribution < 1.29 is 4.42 Å². The van der Waals surface area contributed by atoms with E-state index in [-0.39, 0.29) is 0 Å². The van der Waals surface area contributed by atoms with E-state index in [1.807, 2.05) is 22.7 Å². The molecule has 2 nitrogen and oxygen atoms in total. The summed E-state index contributed by atoms with van der Waals surface area (Å²) in [5, 5.41) is 9.66. The number of thiophene rings is 2. The standard InChI is InChI=1S/C46H27NOS2/c1-2-13-31-28(11-1)23-25-34-44-37(17-9-19-39(44)48-46(31)34)47(38-18-10-22-43-45(38)33-15-5-8-21-41(33)50-43)36-16-6-3-12-30(36)29-24-26-42-35(27-29)32-14-4-7-20-40(32)49-42/h1-27H. The van der Waals surface area contributed by atoms with Gasteiger partial charge in [0.15, 0.2) is 0 Å². The molecule has 0 saturated heterocycles. The van der Waals surface area contributed by atoms with Crippen LogP contribution in [0.25, 0.3) is 84.2 Å². The number of furan rings is 1. The first-order valence-electron chi connectivity index (χ1n) is 16.8. The molecule has 11 rings (SSSR count). The monoisotopic (exact) mass is 673 g/mol. The van der Waals surface area contributed by atoms with Gasteiger partial charge < -0.3 is 9.32 Å². The Morgan fingerprint density at radius 3 is 1.94 bits per heavy atom. The van der Waals surface area contributed by atoms with Crippen LogP contribution in [-0.4, -0.2) is 0 Å². The maximum absolute atomic E-state index is 6.74. The molecule has 0 N–H and O–H groups in total. The highest BCUT2D eigenvalue weighted by molar-refractivity contribution is 7.26. The van der Waals surface area contributed by atoms with Crippen LogP contribution >= 0.6 is 22.7 Å². The summed E-state index contributed by atoms with van der Waals surface area (Å²) in [4.78, 5) is 2.49. The minimum atomic E-state index is 0.879. The Morgan fingerprint density at radius 1 is 0.400 bits per heavy atom. The van der Waals surface area contributed by atoms with Crippen LogP contribution in [0.15, 0.2) is 168 Å².